The number of pyridine rings is 1. The average Bonchev–Trinajstić information content (AvgIpc) is 2.77. The van der Waals surface area contributed by atoms with Crippen LogP contribution < -0.4 is 5.32 Å². The van der Waals surface area contributed by atoms with Crippen molar-refractivity contribution in [2.45, 2.75) is 23.5 Å². The molecule has 154 valence electrons. The summed E-state index contributed by atoms with van der Waals surface area (Å²) in [5, 5.41) is 3.76. The number of carbonyl (C=O) groups excluding carboxylic acids is 1. The molecule has 1 aliphatic heterocycles. The highest BCUT2D eigenvalue weighted by atomic mass is 32.2. The number of anilines is 1. The third kappa shape index (κ3) is 5.34. The van der Waals surface area contributed by atoms with E-state index in [4.69, 9.17) is 0 Å². The van der Waals surface area contributed by atoms with Crippen LogP contribution in [0, 0.1) is 6.92 Å². The lowest BCUT2D eigenvalue weighted by molar-refractivity contribution is 0.143. The molecule has 1 fully saturated rings. The van der Waals surface area contributed by atoms with E-state index in [0.717, 1.165) is 35.8 Å². The molecule has 1 aromatic carbocycles. The fourth-order valence-electron chi connectivity index (χ4n) is 3.34. The molecule has 1 aliphatic rings. The van der Waals surface area contributed by atoms with Crippen LogP contribution in [0.15, 0.2) is 71.2 Å². The molecule has 0 aliphatic carbocycles. The Labute approximate surface area is 180 Å². The number of rotatable bonds is 5. The predicted octanol–water partition coefficient (Wildman–Crippen LogP) is 3.68. The zero-order valence-electron chi connectivity index (χ0n) is 16.9. The van der Waals surface area contributed by atoms with E-state index in [-0.39, 0.29) is 6.03 Å². The smallest absolute Gasteiger partial charge is 0.321 e. The number of piperazine rings is 1. The topological polar surface area (TPSA) is 74.2 Å². The van der Waals surface area contributed by atoms with Gasteiger partial charge in [-0.05, 0) is 60.1 Å². The zero-order chi connectivity index (χ0) is 20.8. The number of carbonyl (C=O) groups is 1. The second-order valence-electron chi connectivity index (χ2n) is 7.16. The molecular formula is C22H24N6OS. The van der Waals surface area contributed by atoms with E-state index in [2.05, 4.69) is 31.2 Å². The van der Waals surface area contributed by atoms with Crippen LogP contribution in [0.4, 0.5) is 10.5 Å². The van der Waals surface area contributed by atoms with Gasteiger partial charge in [-0.2, -0.15) is 0 Å². The molecule has 0 saturated carbocycles. The summed E-state index contributed by atoms with van der Waals surface area (Å²) in [6, 6.07) is 11.8. The highest BCUT2D eigenvalue weighted by molar-refractivity contribution is 7.99. The second kappa shape index (κ2) is 9.69. The van der Waals surface area contributed by atoms with Gasteiger partial charge in [-0.25, -0.2) is 14.8 Å². The maximum absolute atomic E-state index is 12.7. The fraction of sp³-hybridized carbons (Fsp3) is 0.273. The molecule has 4 rings (SSSR count). The van der Waals surface area contributed by atoms with E-state index < -0.39 is 0 Å². The van der Waals surface area contributed by atoms with Crippen molar-refractivity contribution in [3.63, 3.8) is 0 Å². The van der Waals surface area contributed by atoms with Crippen LogP contribution in [0.3, 0.4) is 0 Å². The van der Waals surface area contributed by atoms with Crippen LogP contribution in [0.1, 0.15) is 11.1 Å². The highest BCUT2D eigenvalue weighted by Gasteiger charge is 2.21. The molecular weight excluding hydrogens is 396 g/mol. The van der Waals surface area contributed by atoms with Gasteiger partial charge in [0.1, 0.15) is 0 Å². The van der Waals surface area contributed by atoms with Gasteiger partial charge < -0.3 is 10.2 Å². The first-order valence-electron chi connectivity index (χ1n) is 9.90. The Kier molecular flexibility index (Phi) is 6.56. The summed E-state index contributed by atoms with van der Waals surface area (Å²) in [5.74, 6) is 0. The number of nitrogens with one attached hydrogen (secondary N) is 1. The van der Waals surface area contributed by atoms with E-state index in [0.29, 0.717) is 18.2 Å². The van der Waals surface area contributed by atoms with E-state index in [1.807, 2.05) is 42.3 Å². The van der Waals surface area contributed by atoms with Gasteiger partial charge in [0.2, 0.25) is 0 Å². The largest absolute Gasteiger partial charge is 0.322 e. The van der Waals surface area contributed by atoms with Crippen LogP contribution in [0.5, 0.6) is 0 Å². The molecule has 7 nitrogen and oxygen atoms in total. The molecule has 0 radical (unpaired) electrons. The lowest BCUT2D eigenvalue weighted by Gasteiger charge is -2.34. The Morgan fingerprint density at radius 2 is 1.87 bits per heavy atom. The first-order chi connectivity index (χ1) is 14.7. The minimum Gasteiger partial charge on any atom is -0.322 e. The molecule has 30 heavy (non-hydrogen) atoms. The lowest BCUT2D eigenvalue weighted by Crippen LogP contribution is -2.49. The Hall–Kier alpha value is -2.97. The number of aromatic nitrogens is 3. The molecule has 3 heterocycles. The molecule has 2 amide bonds. The van der Waals surface area contributed by atoms with Crippen molar-refractivity contribution in [2.24, 2.45) is 0 Å². The Bertz CT molecular complexity index is 977. The predicted molar refractivity (Wildman–Crippen MR) is 117 cm³/mol. The van der Waals surface area contributed by atoms with Crippen molar-refractivity contribution < 1.29 is 4.79 Å². The van der Waals surface area contributed by atoms with Gasteiger partial charge in [0.05, 0.1) is 0 Å². The van der Waals surface area contributed by atoms with Crippen LogP contribution in [-0.2, 0) is 6.54 Å². The van der Waals surface area contributed by atoms with Gasteiger partial charge >= 0.3 is 6.03 Å². The van der Waals surface area contributed by atoms with Crippen molar-refractivity contribution in [1.29, 1.82) is 0 Å². The Morgan fingerprint density at radius 3 is 2.57 bits per heavy atom. The molecule has 1 N–H and O–H groups in total. The normalized spacial score (nSPS) is 14.5. The summed E-state index contributed by atoms with van der Waals surface area (Å²) < 4.78 is 0. The summed E-state index contributed by atoms with van der Waals surface area (Å²) in [6.45, 7) is 6.00. The third-order valence-electron chi connectivity index (χ3n) is 4.98. The molecule has 0 unspecified atom stereocenters. The summed E-state index contributed by atoms with van der Waals surface area (Å²) in [5.41, 5.74) is 3.04. The maximum atomic E-state index is 12.7. The van der Waals surface area contributed by atoms with E-state index in [9.17, 15) is 4.79 Å². The Morgan fingerprint density at radius 1 is 1.07 bits per heavy atom. The summed E-state index contributed by atoms with van der Waals surface area (Å²) >= 11 is 1.50. The average molecular weight is 421 g/mol. The number of aryl methyl sites for hydroxylation is 1. The molecule has 2 aromatic heterocycles. The van der Waals surface area contributed by atoms with Crippen LogP contribution in [-0.4, -0.2) is 57.0 Å². The fourth-order valence-corrected chi connectivity index (χ4v) is 4.15. The minimum absolute atomic E-state index is 0.0501. The van der Waals surface area contributed by atoms with Gasteiger partial charge in [0.15, 0.2) is 5.16 Å². The molecule has 0 spiro atoms. The van der Waals surface area contributed by atoms with Crippen molar-refractivity contribution in [2.75, 3.05) is 31.5 Å². The van der Waals surface area contributed by atoms with Gasteiger partial charge in [-0.15, -0.1) is 0 Å². The van der Waals surface area contributed by atoms with E-state index >= 15 is 0 Å². The van der Waals surface area contributed by atoms with Gasteiger partial charge in [0, 0.05) is 68.1 Å². The van der Waals surface area contributed by atoms with Crippen LogP contribution in [0.25, 0.3) is 0 Å². The van der Waals surface area contributed by atoms with Crippen LogP contribution in [0.2, 0.25) is 0 Å². The number of hydrogen-bond donors (Lipinski definition) is 1. The summed E-state index contributed by atoms with van der Waals surface area (Å²) in [7, 11) is 0. The Balaban J connectivity index is 1.30. The third-order valence-corrected chi connectivity index (χ3v) is 5.86. The van der Waals surface area contributed by atoms with Crippen molar-refractivity contribution in [3.05, 3.63) is 72.3 Å². The van der Waals surface area contributed by atoms with Crippen molar-refractivity contribution >= 4 is 23.5 Å². The van der Waals surface area contributed by atoms with Gasteiger partial charge in [-0.3, -0.25) is 9.88 Å². The first-order valence-corrected chi connectivity index (χ1v) is 10.7. The van der Waals surface area contributed by atoms with Crippen molar-refractivity contribution in [3.8, 4) is 0 Å². The number of amides is 2. The summed E-state index contributed by atoms with van der Waals surface area (Å²) in [4.78, 5) is 30.6. The molecule has 0 atom stereocenters. The number of urea groups is 1. The van der Waals surface area contributed by atoms with Gasteiger partial charge in [0.25, 0.3) is 0 Å². The number of benzene rings is 1. The lowest BCUT2D eigenvalue weighted by atomic mass is 10.2. The zero-order valence-corrected chi connectivity index (χ0v) is 17.7. The van der Waals surface area contributed by atoms with E-state index in [1.165, 1.54) is 17.3 Å². The molecule has 3 aromatic rings. The highest BCUT2D eigenvalue weighted by Crippen LogP contribution is 2.28. The minimum atomic E-state index is -0.0501. The summed E-state index contributed by atoms with van der Waals surface area (Å²) in [6.07, 6.45) is 7.14. The maximum Gasteiger partial charge on any atom is 0.321 e. The molecule has 1 saturated heterocycles. The van der Waals surface area contributed by atoms with Crippen molar-refractivity contribution in [1.82, 2.24) is 24.8 Å². The molecule has 0 bridgehead atoms. The number of nitrogens with zero attached hydrogens (tertiary/aromatic N) is 5. The standard InChI is InChI=1S/C22H24N6OS/c1-17-14-19(30-21-24-8-3-9-25-21)5-6-20(17)26-22(29)28-12-10-27(11-13-28)16-18-4-2-7-23-15-18/h2-9,14-15H,10-13,16H2,1H3,(H,26,29). The van der Waals surface area contributed by atoms with Crippen LogP contribution >= 0.6 is 11.8 Å². The van der Waals surface area contributed by atoms with Gasteiger partial charge in [-0.1, -0.05) is 6.07 Å². The SMILES string of the molecule is Cc1cc(Sc2ncccn2)ccc1NC(=O)N1CCN(Cc2cccnc2)CC1. The quantitative estimate of drug-likeness (QED) is 0.635. The number of hydrogen-bond acceptors (Lipinski definition) is 6. The second-order valence-corrected chi connectivity index (χ2v) is 8.21. The monoisotopic (exact) mass is 420 g/mol. The molecule has 8 heteroatoms. The van der Waals surface area contributed by atoms with E-state index in [1.54, 1.807) is 24.7 Å². The first kappa shape index (κ1) is 20.3.